The van der Waals surface area contributed by atoms with E-state index in [9.17, 15) is 9.59 Å². The van der Waals surface area contributed by atoms with Crippen LogP contribution in [0.5, 0.6) is 5.88 Å². The van der Waals surface area contributed by atoms with Crippen LogP contribution in [0.15, 0.2) is 0 Å². The Morgan fingerprint density at radius 2 is 1.89 bits per heavy atom. The first-order valence-corrected chi connectivity index (χ1v) is 9.59. The summed E-state index contributed by atoms with van der Waals surface area (Å²) in [6.45, 7) is 12.5. The number of nitrogens with zero attached hydrogens (tertiary/aromatic N) is 2. The maximum absolute atomic E-state index is 12.2. The summed E-state index contributed by atoms with van der Waals surface area (Å²) in [5.74, 6) is 0.185. The van der Waals surface area contributed by atoms with Crippen molar-refractivity contribution < 1.29 is 23.8 Å². The predicted octanol–water partition coefficient (Wildman–Crippen LogP) is 3.70. The van der Waals surface area contributed by atoms with Crippen LogP contribution in [0.3, 0.4) is 0 Å². The third-order valence-electron chi connectivity index (χ3n) is 3.84. The van der Waals surface area contributed by atoms with E-state index in [1.165, 1.54) is 4.68 Å². The molecule has 8 nitrogen and oxygen atoms in total. The number of carbonyl (C=O) groups is 2. The molecule has 9 heteroatoms. The lowest BCUT2D eigenvalue weighted by molar-refractivity contribution is 0.0452. The van der Waals surface area contributed by atoms with Crippen LogP contribution in [0.25, 0.3) is 0 Å². The lowest BCUT2D eigenvalue weighted by atomic mass is 9.86. The predicted molar refractivity (Wildman–Crippen MR) is 107 cm³/mol. The molecular weight excluding hydrogens is 386 g/mol. The van der Waals surface area contributed by atoms with Crippen LogP contribution >= 0.6 is 11.6 Å². The van der Waals surface area contributed by atoms with Crippen LogP contribution < -0.4 is 10.1 Å². The molecule has 1 atom stereocenters. The molecule has 28 heavy (non-hydrogen) atoms. The van der Waals surface area contributed by atoms with Gasteiger partial charge in [-0.15, -0.1) is 5.10 Å². The molecule has 1 amide bonds. The SMILES string of the molecule is COCCCOc1nn(C[C@H](NC(=O)OC(C)(C)C)C(C)(C)C)c(C=O)c1Cl. The minimum absolute atomic E-state index is 0.150. The second kappa shape index (κ2) is 10.1. The largest absolute Gasteiger partial charge is 0.475 e. The number of alkyl carbamates (subject to hydrolysis) is 1. The number of hydrogen-bond acceptors (Lipinski definition) is 6. The normalized spacial score (nSPS) is 13.1. The summed E-state index contributed by atoms with van der Waals surface area (Å²) in [4.78, 5) is 23.8. The first-order valence-electron chi connectivity index (χ1n) is 9.21. The fourth-order valence-corrected chi connectivity index (χ4v) is 2.54. The van der Waals surface area contributed by atoms with Crippen molar-refractivity contribution in [3.05, 3.63) is 10.7 Å². The molecule has 1 rings (SSSR count). The fraction of sp³-hybridized carbons (Fsp3) is 0.737. The Kier molecular flexibility index (Phi) is 8.75. The van der Waals surface area contributed by atoms with Crippen molar-refractivity contribution in [3.63, 3.8) is 0 Å². The van der Waals surface area contributed by atoms with Crippen molar-refractivity contribution in [3.8, 4) is 5.88 Å². The number of amides is 1. The van der Waals surface area contributed by atoms with Gasteiger partial charge in [-0.3, -0.25) is 9.48 Å². The number of carbonyl (C=O) groups excluding carboxylic acids is 2. The van der Waals surface area contributed by atoms with Gasteiger partial charge in [0.25, 0.3) is 5.88 Å². The Bertz CT molecular complexity index is 662. The standard InChI is InChI=1S/C19H32ClN3O5/c1-18(2,3)14(21-17(25)28-19(4,5)6)11-23-13(12-24)15(20)16(22-23)27-10-8-9-26-7/h12,14H,8-11H2,1-7H3,(H,21,25)/t14-/m0/s1. The van der Waals surface area contributed by atoms with E-state index in [0.29, 0.717) is 25.9 Å². The van der Waals surface area contributed by atoms with Gasteiger partial charge in [0.2, 0.25) is 0 Å². The van der Waals surface area contributed by atoms with Gasteiger partial charge in [-0.2, -0.15) is 0 Å². The average molecular weight is 418 g/mol. The third-order valence-corrected chi connectivity index (χ3v) is 4.19. The van der Waals surface area contributed by atoms with E-state index in [4.69, 9.17) is 25.8 Å². The lowest BCUT2D eigenvalue weighted by Gasteiger charge is -2.32. The van der Waals surface area contributed by atoms with E-state index in [0.717, 1.165) is 0 Å². The van der Waals surface area contributed by atoms with E-state index >= 15 is 0 Å². The molecule has 0 radical (unpaired) electrons. The Labute approximate surface area is 171 Å². The van der Waals surface area contributed by atoms with Crippen LogP contribution in [0, 0.1) is 5.41 Å². The van der Waals surface area contributed by atoms with E-state index < -0.39 is 11.7 Å². The number of aldehydes is 1. The molecule has 0 spiro atoms. The number of methoxy groups -OCH3 is 1. The highest BCUT2D eigenvalue weighted by molar-refractivity contribution is 6.34. The monoisotopic (exact) mass is 417 g/mol. The van der Waals surface area contributed by atoms with Gasteiger partial charge < -0.3 is 19.5 Å². The summed E-state index contributed by atoms with van der Waals surface area (Å²) in [5.41, 5.74) is -0.739. The first-order chi connectivity index (χ1) is 12.9. The van der Waals surface area contributed by atoms with Gasteiger partial charge >= 0.3 is 6.09 Å². The van der Waals surface area contributed by atoms with Crippen molar-refractivity contribution in [1.82, 2.24) is 15.1 Å². The third kappa shape index (κ3) is 7.67. The van der Waals surface area contributed by atoms with Gasteiger partial charge in [0, 0.05) is 20.1 Å². The average Bonchev–Trinajstić information content (AvgIpc) is 2.83. The van der Waals surface area contributed by atoms with Crippen molar-refractivity contribution in [2.45, 2.75) is 66.2 Å². The number of ether oxygens (including phenoxy) is 3. The molecule has 1 aromatic heterocycles. The molecule has 0 aliphatic carbocycles. The molecule has 1 heterocycles. The van der Waals surface area contributed by atoms with Crippen molar-refractivity contribution in [1.29, 1.82) is 0 Å². The molecular formula is C19H32ClN3O5. The van der Waals surface area contributed by atoms with E-state index in [1.54, 1.807) is 27.9 Å². The summed E-state index contributed by atoms with van der Waals surface area (Å²) in [5, 5.41) is 7.33. The second-order valence-corrected chi connectivity index (χ2v) is 8.94. The maximum atomic E-state index is 12.2. The first kappa shape index (κ1) is 24.2. The molecule has 0 bridgehead atoms. The number of hydrogen-bond donors (Lipinski definition) is 1. The molecule has 0 aromatic carbocycles. The van der Waals surface area contributed by atoms with Crippen molar-refractivity contribution in [2.24, 2.45) is 5.41 Å². The van der Waals surface area contributed by atoms with Crippen LogP contribution in [0.4, 0.5) is 4.79 Å². The Morgan fingerprint density at radius 1 is 1.25 bits per heavy atom. The molecule has 0 unspecified atom stereocenters. The van der Waals surface area contributed by atoms with E-state index in [-0.39, 0.29) is 34.6 Å². The summed E-state index contributed by atoms with van der Waals surface area (Å²) in [7, 11) is 1.61. The maximum Gasteiger partial charge on any atom is 0.407 e. The summed E-state index contributed by atoms with van der Waals surface area (Å²) in [6, 6.07) is -0.363. The Hall–Kier alpha value is -1.80. The van der Waals surface area contributed by atoms with E-state index in [2.05, 4.69) is 10.4 Å². The zero-order valence-corrected chi connectivity index (χ0v) is 18.6. The molecule has 0 saturated carbocycles. The minimum atomic E-state index is -0.612. The second-order valence-electron chi connectivity index (χ2n) is 8.56. The molecule has 160 valence electrons. The molecule has 0 saturated heterocycles. The van der Waals surface area contributed by atoms with Gasteiger partial charge in [0.1, 0.15) is 16.3 Å². The molecule has 0 aliphatic heterocycles. The summed E-state index contributed by atoms with van der Waals surface area (Å²) < 4.78 is 17.3. The van der Waals surface area contributed by atoms with Gasteiger partial charge in [-0.1, -0.05) is 32.4 Å². The Balaban J connectivity index is 2.98. The topological polar surface area (TPSA) is 91.7 Å². The smallest absolute Gasteiger partial charge is 0.407 e. The molecule has 1 N–H and O–H groups in total. The number of aromatic nitrogens is 2. The number of rotatable bonds is 9. The Morgan fingerprint density at radius 3 is 2.39 bits per heavy atom. The van der Waals surface area contributed by atoms with Crippen molar-refractivity contribution >= 4 is 24.0 Å². The van der Waals surface area contributed by atoms with Gasteiger partial charge in [-0.25, -0.2) is 4.79 Å². The number of halogens is 1. The van der Waals surface area contributed by atoms with E-state index in [1.807, 2.05) is 20.8 Å². The molecule has 0 aliphatic rings. The van der Waals surface area contributed by atoms with Crippen LogP contribution in [-0.2, 0) is 16.0 Å². The minimum Gasteiger partial charge on any atom is -0.475 e. The van der Waals surface area contributed by atoms with Gasteiger partial charge in [-0.05, 0) is 26.2 Å². The highest BCUT2D eigenvalue weighted by Gasteiger charge is 2.30. The van der Waals surface area contributed by atoms with Crippen molar-refractivity contribution in [2.75, 3.05) is 20.3 Å². The van der Waals surface area contributed by atoms with Gasteiger partial charge in [0.05, 0.1) is 19.2 Å². The zero-order valence-electron chi connectivity index (χ0n) is 17.8. The van der Waals surface area contributed by atoms with Crippen LogP contribution in [0.2, 0.25) is 5.02 Å². The molecule has 1 aromatic rings. The van der Waals surface area contributed by atoms with Gasteiger partial charge in [0.15, 0.2) is 6.29 Å². The fourth-order valence-electron chi connectivity index (χ4n) is 2.31. The summed E-state index contributed by atoms with van der Waals surface area (Å²) in [6.07, 6.45) is 0.764. The zero-order chi connectivity index (χ0) is 21.5. The highest BCUT2D eigenvalue weighted by atomic mass is 35.5. The van der Waals surface area contributed by atoms with Crippen LogP contribution in [0.1, 0.15) is 58.5 Å². The quantitative estimate of drug-likeness (QED) is 0.486. The number of nitrogens with one attached hydrogen (secondary N) is 1. The van der Waals surface area contributed by atoms with Crippen LogP contribution in [-0.4, -0.2) is 54.1 Å². The molecule has 0 fully saturated rings. The highest BCUT2D eigenvalue weighted by Crippen LogP contribution is 2.29. The lowest BCUT2D eigenvalue weighted by Crippen LogP contribution is -2.48. The summed E-state index contributed by atoms with van der Waals surface area (Å²) >= 11 is 6.25.